The van der Waals surface area contributed by atoms with Crippen LogP contribution in [0.2, 0.25) is 0 Å². The summed E-state index contributed by atoms with van der Waals surface area (Å²) in [5, 5.41) is 0. The lowest BCUT2D eigenvalue weighted by molar-refractivity contribution is -0.115. The van der Waals surface area contributed by atoms with Crippen LogP contribution < -0.4 is 0 Å². The Morgan fingerprint density at radius 1 is 1.38 bits per heavy atom. The van der Waals surface area contributed by atoms with Crippen molar-refractivity contribution < 1.29 is 9.58 Å². The Kier molecular flexibility index (Phi) is 3.12. The Hall–Kier alpha value is -1.25. The first kappa shape index (κ1) is 9.84. The van der Waals surface area contributed by atoms with Crippen LogP contribution in [0.25, 0.3) is 5.53 Å². The van der Waals surface area contributed by atoms with E-state index in [-0.39, 0.29) is 11.5 Å². The average Bonchev–Trinajstić information content (AvgIpc) is 2.09. The van der Waals surface area contributed by atoms with E-state index in [1.54, 1.807) is 24.3 Å². The van der Waals surface area contributed by atoms with Gasteiger partial charge in [-0.2, -0.15) is 4.79 Å². The maximum atomic E-state index is 11.0. The predicted octanol–water partition coefficient (Wildman–Crippen LogP) is 2.06. The van der Waals surface area contributed by atoms with Gasteiger partial charge in [-0.05, 0) is 24.3 Å². The Labute approximate surface area is 84.1 Å². The summed E-state index contributed by atoms with van der Waals surface area (Å²) in [4.78, 5) is 13.9. The molecule has 4 heteroatoms. The quantitative estimate of drug-likeness (QED) is 0.442. The number of halogens is 1. The molecule has 0 spiro atoms. The van der Waals surface area contributed by atoms with Crippen LogP contribution in [0.1, 0.15) is 12.5 Å². The van der Waals surface area contributed by atoms with Crippen LogP contribution in [-0.2, 0) is 4.79 Å². The number of nitrogens with zero attached hydrogens (tertiary/aromatic N) is 2. The third-order valence-corrected chi connectivity index (χ3v) is 2.08. The van der Waals surface area contributed by atoms with E-state index in [0.29, 0.717) is 5.56 Å². The molecule has 0 aliphatic rings. The second kappa shape index (κ2) is 4.12. The molecule has 1 aromatic rings. The Morgan fingerprint density at radius 3 is 2.31 bits per heavy atom. The monoisotopic (exact) mass is 238 g/mol. The Bertz CT molecular complexity index is 377. The van der Waals surface area contributed by atoms with E-state index < -0.39 is 0 Å². The summed E-state index contributed by atoms with van der Waals surface area (Å²) >= 11 is 3.27. The summed E-state index contributed by atoms with van der Waals surface area (Å²) in [5.41, 5.74) is 9.26. The third-order valence-electron chi connectivity index (χ3n) is 1.55. The minimum Gasteiger partial charge on any atom is -0.361 e. The standard InChI is InChI=1S/C9H7BrN2O/c1-6(13)9(12-11)7-2-4-8(10)5-3-7/h2-5H,1H3. The predicted molar refractivity (Wildman–Crippen MR) is 52.6 cm³/mol. The van der Waals surface area contributed by atoms with E-state index >= 15 is 0 Å². The van der Waals surface area contributed by atoms with Crippen molar-refractivity contribution in [3.8, 4) is 0 Å². The number of hydrogen-bond acceptors (Lipinski definition) is 1. The first-order valence-corrected chi connectivity index (χ1v) is 4.43. The van der Waals surface area contributed by atoms with Crippen molar-refractivity contribution in [2.24, 2.45) is 0 Å². The lowest BCUT2D eigenvalue weighted by Gasteiger charge is -1.92. The van der Waals surface area contributed by atoms with Crippen LogP contribution in [0.15, 0.2) is 28.7 Å². The summed E-state index contributed by atoms with van der Waals surface area (Å²) in [7, 11) is 0. The van der Waals surface area contributed by atoms with Gasteiger partial charge < -0.3 is 5.53 Å². The lowest BCUT2D eigenvalue weighted by atomic mass is 10.1. The smallest absolute Gasteiger partial charge is 0.361 e. The van der Waals surface area contributed by atoms with Gasteiger partial charge in [0.2, 0.25) is 5.78 Å². The molecule has 66 valence electrons. The minimum absolute atomic E-state index is 0.0764. The molecule has 0 aliphatic heterocycles. The fourth-order valence-corrected chi connectivity index (χ4v) is 1.20. The summed E-state index contributed by atoms with van der Waals surface area (Å²) in [6, 6.07) is 6.98. The highest BCUT2D eigenvalue weighted by atomic mass is 79.9. The van der Waals surface area contributed by atoms with Gasteiger partial charge in [-0.1, -0.05) is 15.9 Å². The van der Waals surface area contributed by atoms with Crippen molar-refractivity contribution >= 4 is 27.4 Å². The fraction of sp³-hybridized carbons (Fsp3) is 0.111. The molecule has 1 aromatic carbocycles. The molecular weight excluding hydrogens is 232 g/mol. The summed E-state index contributed by atoms with van der Waals surface area (Å²) in [5.74, 6) is -0.259. The van der Waals surface area contributed by atoms with Gasteiger partial charge in [0.25, 0.3) is 0 Å². The number of Topliss-reactive ketones (excluding diaryl/α,β-unsaturated/α-hetero) is 1. The van der Waals surface area contributed by atoms with E-state index in [1.807, 2.05) is 0 Å². The molecule has 0 atom stereocenters. The van der Waals surface area contributed by atoms with Gasteiger partial charge in [0, 0.05) is 11.4 Å². The van der Waals surface area contributed by atoms with Crippen LogP contribution in [0.4, 0.5) is 0 Å². The van der Waals surface area contributed by atoms with Crippen LogP contribution in [0.3, 0.4) is 0 Å². The topological polar surface area (TPSA) is 53.5 Å². The van der Waals surface area contributed by atoms with Gasteiger partial charge >= 0.3 is 5.71 Å². The molecule has 0 radical (unpaired) electrons. The highest BCUT2D eigenvalue weighted by Crippen LogP contribution is 2.10. The molecule has 0 N–H and O–H groups in total. The van der Waals surface area contributed by atoms with Crippen LogP contribution >= 0.6 is 15.9 Å². The summed E-state index contributed by atoms with van der Waals surface area (Å²) in [6.07, 6.45) is 0. The molecular formula is C9H7BrN2O. The van der Waals surface area contributed by atoms with Crippen molar-refractivity contribution in [2.45, 2.75) is 6.92 Å². The number of carbonyl (C=O) groups excluding carboxylic acids is 1. The molecule has 1 rings (SSSR count). The number of benzene rings is 1. The highest BCUT2D eigenvalue weighted by molar-refractivity contribution is 9.10. The zero-order chi connectivity index (χ0) is 9.84. The summed E-state index contributed by atoms with van der Waals surface area (Å²) in [6.45, 7) is 1.36. The van der Waals surface area contributed by atoms with Crippen molar-refractivity contribution in [3.63, 3.8) is 0 Å². The number of ketones is 1. The first-order chi connectivity index (χ1) is 6.15. The zero-order valence-corrected chi connectivity index (χ0v) is 8.58. The molecule has 0 heterocycles. The van der Waals surface area contributed by atoms with Gasteiger partial charge in [0.05, 0.1) is 5.56 Å². The number of hydrogen-bond donors (Lipinski definition) is 0. The molecule has 0 fully saturated rings. The molecule has 0 amide bonds. The second-order valence-corrected chi connectivity index (χ2v) is 3.43. The van der Waals surface area contributed by atoms with Gasteiger partial charge in [-0.3, -0.25) is 4.79 Å². The molecule has 13 heavy (non-hydrogen) atoms. The van der Waals surface area contributed by atoms with E-state index in [9.17, 15) is 4.79 Å². The van der Waals surface area contributed by atoms with Gasteiger partial charge in [0.15, 0.2) is 0 Å². The third kappa shape index (κ3) is 2.34. The van der Waals surface area contributed by atoms with Gasteiger partial charge in [0.1, 0.15) is 0 Å². The SMILES string of the molecule is CC(=O)C(=[N+]=[N-])c1ccc(Br)cc1. The van der Waals surface area contributed by atoms with Crippen molar-refractivity contribution in [1.82, 2.24) is 0 Å². The molecule has 3 nitrogen and oxygen atoms in total. The molecule has 0 bridgehead atoms. The number of rotatable bonds is 2. The van der Waals surface area contributed by atoms with Crippen LogP contribution in [0.5, 0.6) is 0 Å². The maximum absolute atomic E-state index is 11.0. The average molecular weight is 239 g/mol. The van der Waals surface area contributed by atoms with E-state index in [2.05, 4.69) is 20.7 Å². The molecule has 0 saturated heterocycles. The lowest BCUT2D eigenvalue weighted by Crippen LogP contribution is -2.12. The molecule has 0 saturated carbocycles. The van der Waals surface area contributed by atoms with Crippen molar-refractivity contribution in [1.29, 1.82) is 0 Å². The highest BCUT2D eigenvalue weighted by Gasteiger charge is 2.16. The Morgan fingerprint density at radius 2 is 1.92 bits per heavy atom. The zero-order valence-electron chi connectivity index (χ0n) is 6.99. The van der Waals surface area contributed by atoms with E-state index in [4.69, 9.17) is 5.53 Å². The molecule has 0 aromatic heterocycles. The van der Waals surface area contributed by atoms with Crippen molar-refractivity contribution in [2.75, 3.05) is 0 Å². The molecule has 0 unspecified atom stereocenters. The fourth-order valence-electron chi connectivity index (χ4n) is 0.939. The summed E-state index contributed by atoms with van der Waals surface area (Å²) < 4.78 is 0.914. The van der Waals surface area contributed by atoms with Gasteiger partial charge in [-0.15, -0.1) is 0 Å². The normalized spacial score (nSPS) is 9.08. The Balaban J connectivity index is 3.15. The first-order valence-electron chi connectivity index (χ1n) is 3.64. The molecule has 0 aliphatic carbocycles. The van der Waals surface area contributed by atoms with E-state index in [1.165, 1.54) is 6.92 Å². The largest absolute Gasteiger partial charge is 0.364 e. The minimum atomic E-state index is -0.259. The second-order valence-electron chi connectivity index (χ2n) is 2.51. The maximum Gasteiger partial charge on any atom is 0.364 e. The van der Waals surface area contributed by atoms with E-state index in [0.717, 1.165) is 4.47 Å². The number of carbonyl (C=O) groups is 1. The van der Waals surface area contributed by atoms with Crippen LogP contribution in [-0.4, -0.2) is 16.3 Å². The van der Waals surface area contributed by atoms with Crippen LogP contribution in [0, 0.1) is 0 Å². The van der Waals surface area contributed by atoms with Gasteiger partial charge in [-0.25, -0.2) is 0 Å². The van der Waals surface area contributed by atoms with Crippen molar-refractivity contribution in [3.05, 3.63) is 39.8 Å².